The first kappa shape index (κ1) is 21.3. The van der Waals surface area contributed by atoms with Crippen LogP contribution in [-0.4, -0.2) is 36.8 Å². The van der Waals surface area contributed by atoms with Crippen molar-refractivity contribution in [2.24, 2.45) is 0 Å². The average molecular weight is 398 g/mol. The molecule has 23 heavy (non-hydrogen) atoms. The Bertz CT molecular complexity index is 558. The molecule has 0 radical (unpaired) electrons. The van der Waals surface area contributed by atoms with Gasteiger partial charge in [-0.1, -0.05) is 0 Å². The number of rotatable bonds is 8. The van der Waals surface area contributed by atoms with Crippen LogP contribution in [0.15, 0.2) is 0 Å². The second-order valence-corrected chi connectivity index (χ2v) is 8.72. The number of hydrogen-bond donors (Lipinski definition) is 1. The number of phosphoric ester groups is 1. The van der Waals surface area contributed by atoms with Crippen LogP contribution in [0.5, 0.6) is 0 Å². The van der Waals surface area contributed by atoms with E-state index in [-0.39, 0.29) is 6.42 Å². The van der Waals surface area contributed by atoms with Gasteiger partial charge in [0.25, 0.3) is 15.6 Å². The van der Waals surface area contributed by atoms with Crippen molar-refractivity contribution < 1.29 is 61.0 Å². The van der Waals surface area contributed by atoms with E-state index in [9.17, 15) is 38.4 Å². The molecule has 16 heteroatoms. The van der Waals surface area contributed by atoms with E-state index in [2.05, 4.69) is 13.1 Å². The van der Waals surface area contributed by atoms with E-state index in [4.69, 9.17) is 9.47 Å². The molecule has 1 fully saturated rings. The van der Waals surface area contributed by atoms with Gasteiger partial charge in [-0.05, 0) is 6.92 Å². The van der Waals surface area contributed by atoms with Gasteiger partial charge in [0, 0.05) is 13.5 Å². The predicted molar refractivity (Wildman–Crippen MR) is 61.9 cm³/mol. The molecule has 1 aliphatic heterocycles. The topological polar surface area (TPSA) is 210 Å². The molecule has 0 spiro atoms. The maximum atomic E-state index is 11.4. The molecule has 0 bridgehead atoms. The zero-order valence-electron chi connectivity index (χ0n) is 11.8. The van der Waals surface area contributed by atoms with Crippen LogP contribution in [0.1, 0.15) is 13.3 Å². The molecule has 1 saturated heterocycles. The number of methoxy groups -OCH3 is 1. The van der Waals surface area contributed by atoms with Crippen LogP contribution in [0.4, 0.5) is 0 Å². The fourth-order valence-corrected chi connectivity index (χ4v) is 4.66. The van der Waals surface area contributed by atoms with Crippen molar-refractivity contribution in [2.45, 2.75) is 31.3 Å². The molecule has 5 atom stereocenters. The summed E-state index contributed by atoms with van der Waals surface area (Å²) in [5.41, 5.74) is 0. The van der Waals surface area contributed by atoms with Gasteiger partial charge < -0.3 is 43.2 Å². The molecule has 0 amide bonds. The first-order valence-corrected chi connectivity index (χ1v) is 10.2. The molecule has 0 aliphatic carbocycles. The van der Waals surface area contributed by atoms with Gasteiger partial charge in [-0.2, -0.15) is 0 Å². The number of phosphoric acid groups is 3. The molecule has 1 N–H and O–H groups in total. The highest BCUT2D eigenvalue weighted by atomic mass is 31.3. The zero-order valence-corrected chi connectivity index (χ0v) is 14.4. The van der Waals surface area contributed by atoms with Gasteiger partial charge in [0.05, 0.1) is 13.9 Å². The number of hydrogen-bond acceptors (Lipinski definition) is 13. The first-order valence-electron chi connectivity index (χ1n) is 5.83. The quantitative estimate of drug-likeness (QED) is 0.413. The molecule has 0 aromatic rings. The standard InChI is InChI=1S/C7H17O13P3/c1-5-3-6(8)7(16-2,18-5)4-17-22(12,13)20-23(14,15)19-21(9,10)11/h5-6,8H,3-4H2,1-2H3,(H,12,13)(H,14,15)(H2,9,10,11)/p-4/t5-,6?,7-/m0/s1. The molecule has 13 nitrogen and oxygen atoms in total. The Hall–Kier alpha value is 0.290. The number of ether oxygens (including phenoxy) is 2. The van der Waals surface area contributed by atoms with Crippen molar-refractivity contribution >= 4 is 23.5 Å². The van der Waals surface area contributed by atoms with Crippen molar-refractivity contribution in [3.63, 3.8) is 0 Å². The molecule has 0 aromatic heterocycles. The van der Waals surface area contributed by atoms with Crippen molar-refractivity contribution in [3.8, 4) is 0 Å². The number of aliphatic hydroxyl groups excluding tert-OH is 1. The highest BCUT2D eigenvalue weighted by Crippen LogP contribution is 2.60. The molecule has 0 aromatic carbocycles. The second kappa shape index (κ2) is 7.27. The summed E-state index contributed by atoms with van der Waals surface area (Å²) in [7, 11) is -16.7. The van der Waals surface area contributed by atoms with Gasteiger partial charge in [0.1, 0.15) is 12.7 Å². The van der Waals surface area contributed by atoms with Crippen molar-refractivity contribution in [1.29, 1.82) is 0 Å². The molecular weight excluding hydrogens is 385 g/mol. The largest absolute Gasteiger partial charge is 0.790 e. The zero-order chi connectivity index (χ0) is 18.1. The lowest BCUT2D eigenvalue weighted by Crippen LogP contribution is -2.46. The normalized spacial score (nSPS) is 34.0. The minimum atomic E-state index is -6.06. The lowest BCUT2D eigenvalue weighted by Gasteiger charge is -2.38. The fraction of sp³-hybridized carbons (Fsp3) is 1.00. The SMILES string of the molecule is CO[C@@]1(COP(=O)([O-])OP(=O)([O-])OP(=O)([O-])[O-])O[C@@H](C)CC1O. The summed E-state index contributed by atoms with van der Waals surface area (Å²) in [5.74, 6) is -1.90. The van der Waals surface area contributed by atoms with Crippen LogP contribution in [0, 0.1) is 0 Å². The third-order valence-electron chi connectivity index (χ3n) is 2.63. The van der Waals surface area contributed by atoms with Gasteiger partial charge in [0.2, 0.25) is 5.79 Å². The summed E-state index contributed by atoms with van der Waals surface area (Å²) in [6.07, 6.45) is -1.72. The Balaban J connectivity index is 2.74. The van der Waals surface area contributed by atoms with Gasteiger partial charge in [-0.25, -0.2) is 4.31 Å². The van der Waals surface area contributed by atoms with Crippen LogP contribution < -0.4 is 19.6 Å². The lowest BCUT2D eigenvalue weighted by molar-refractivity contribution is -0.339. The molecule has 3 unspecified atom stereocenters. The highest BCUT2D eigenvalue weighted by Gasteiger charge is 2.48. The van der Waals surface area contributed by atoms with E-state index < -0.39 is 48.1 Å². The Morgan fingerprint density at radius 1 is 1.17 bits per heavy atom. The highest BCUT2D eigenvalue weighted by molar-refractivity contribution is 7.64. The lowest BCUT2D eigenvalue weighted by atomic mass is 10.1. The van der Waals surface area contributed by atoms with Gasteiger partial charge in [-0.15, -0.1) is 0 Å². The summed E-state index contributed by atoms with van der Waals surface area (Å²) < 4.78 is 53.1. The second-order valence-electron chi connectivity index (χ2n) is 4.47. The van der Waals surface area contributed by atoms with E-state index in [1.54, 1.807) is 6.92 Å². The van der Waals surface area contributed by atoms with E-state index in [0.717, 1.165) is 7.11 Å². The number of aliphatic hydroxyl groups is 1. The van der Waals surface area contributed by atoms with Gasteiger partial charge in [-0.3, -0.25) is 13.4 Å². The van der Waals surface area contributed by atoms with Crippen LogP contribution in [0.3, 0.4) is 0 Å². The summed E-state index contributed by atoms with van der Waals surface area (Å²) in [5, 5.41) is 9.77. The van der Waals surface area contributed by atoms with Crippen LogP contribution in [0.2, 0.25) is 0 Å². The Morgan fingerprint density at radius 3 is 2.13 bits per heavy atom. The third-order valence-corrected chi connectivity index (χ3v) is 6.28. The van der Waals surface area contributed by atoms with Crippen LogP contribution >= 0.6 is 23.5 Å². The Kier molecular flexibility index (Phi) is 6.74. The predicted octanol–water partition coefficient (Wildman–Crippen LogP) is -2.69. The summed E-state index contributed by atoms with van der Waals surface area (Å²) in [4.78, 5) is 42.7. The van der Waals surface area contributed by atoms with Gasteiger partial charge in [0.15, 0.2) is 0 Å². The van der Waals surface area contributed by atoms with Crippen molar-refractivity contribution in [3.05, 3.63) is 0 Å². The van der Waals surface area contributed by atoms with Crippen LogP contribution in [0.25, 0.3) is 0 Å². The van der Waals surface area contributed by atoms with E-state index >= 15 is 0 Å². The fourth-order valence-electron chi connectivity index (χ4n) is 1.79. The average Bonchev–Trinajstić information content (AvgIpc) is 2.57. The summed E-state index contributed by atoms with van der Waals surface area (Å²) in [6, 6.07) is 0. The molecule has 1 aliphatic rings. The Labute approximate surface area is 130 Å². The minimum Gasteiger partial charge on any atom is -0.790 e. The van der Waals surface area contributed by atoms with Gasteiger partial charge >= 0.3 is 0 Å². The molecule has 1 rings (SSSR count). The maximum absolute atomic E-state index is 11.4. The monoisotopic (exact) mass is 398 g/mol. The molecular formula is C7H13O13P3-4. The van der Waals surface area contributed by atoms with E-state index in [1.165, 1.54) is 0 Å². The molecule has 1 heterocycles. The smallest absolute Gasteiger partial charge is 0.278 e. The first-order chi connectivity index (χ1) is 10.2. The van der Waals surface area contributed by atoms with Crippen molar-refractivity contribution in [2.75, 3.05) is 13.7 Å². The summed E-state index contributed by atoms with van der Waals surface area (Å²) >= 11 is 0. The van der Waals surface area contributed by atoms with E-state index in [1.807, 2.05) is 0 Å². The molecule has 138 valence electrons. The Morgan fingerprint density at radius 2 is 1.74 bits per heavy atom. The van der Waals surface area contributed by atoms with Crippen molar-refractivity contribution in [1.82, 2.24) is 0 Å². The van der Waals surface area contributed by atoms with Crippen LogP contribution in [-0.2, 0) is 36.3 Å². The van der Waals surface area contributed by atoms with E-state index in [0.29, 0.717) is 0 Å². The minimum absolute atomic E-state index is 0.0833. The molecule has 0 saturated carbocycles. The third kappa shape index (κ3) is 6.60. The summed E-state index contributed by atoms with van der Waals surface area (Å²) in [6.45, 7) is 0.555. The maximum Gasteiger partial charge on any atom is 0.278 e.